The number of benzene rings is 1. The van der Waals surface area contributed by atoms with Gasteiger partial charge in [-0.25, -0.2) is 0 Å². The summed E-state index contributed by atoms with van der Waals surface area (Å²) in [6.07, 6.45) is 13.0. The Morgan fingerprint density at radius 3 is 2.27 bits per heavy atom. The minimum absolute atomic E-state index is 0.0836. The molecule has 0 bridgehead atoms. The van der Waals surface area contributed by atoms with Gasteiger partial charge < -0.3 is 15.3 Å². The Bertz CT molecular complexity index is 986. The molecule has 6 nitrogen and oxygen atoms in total. The zero-order chi connectivity index (χ0) is 28.3. The summed E-state index contributed by atoms with van der Waals surface area (Å²) in [7, 11) is 0. The minimum atomic E-state index is -0.669. The molecule has 2 N–H and O–H groups in total. The Kier molecular flexibility index (Phi) is 9.56. The van der Waals surface area contributed by atoms with Crippen molar-refractivity contribution in [3.63, 3.8) is 0 Å². The van der Waals surface area contributed by atoms with Gasteiger partial charge >= 0.3 is 0 Å². The fourth-order valence-electron chi connectivity index (χ4n) is 8.35. The number of nitrogens with zero attached hydrogens (tertiary/aromatic N) is 2. The van der Waals surface area contributed by atoms with Crippen molar-refractivity contribution in [1.29, 1.82) is 0 Å². The maximum atomic E-state index is 13.9. The zero-order valence-corrected chi connectivity index (χ0v) is 25.2. The van der Waals surface area contributed by atoms with Crippen LogP contribution in [0.15, 0.2) is 30.3 Å². The van der Waals surface area contributed by atoms with E-state index in [1.54, 1.807) is 0 Å². The fourth-order valence-corrected chi connectivity index (χ4v) is 8.35. The third kappa shape index (κ3) is 7.28. The smallest absolute Gasteiger partial charge is 0.237 e. The molecule has 0 spiro atoms. The second-order valence-electron chi connectivity index (χ2n) is 14.5. The molecule has 2 aliphatic heterocycles. The monoisotopic (exact) mass is 551 g/mol. The Morgan fingerprint density at radius 2 is 1.57 bits per heavy atom. The third-order valence-corrected chi connectivity index (χ3v) is 10.3. The van der Waals surface area contributed by atoms with Gasteiger partial charge in [0.1, 0.15) is 0 Å². The van der Waals surface area contributed by atoms with Crippen LogP contribution in [-0.4, -0.2) is 70.1 Å². The Balaban J connectivity index is 1.29. The van der Waals surface area contributed by atoms with Crippen molar-refractivity contribution < 1.29 is 14.7 Å². The standard InChI is InChI=1S/C34H53N3O3/c1-34(2,3)35-32(39)31-19-26-16-10-11-17-27(26)21-36(31)22-29(38)23-37-28(18-24-12-6-4-7-13-24)20-30(33(37)40)25-14-8-5-9-15-25/h4,6-7,12-13,25-31,38H,5,8-11,14-23H2,1-3H3,(H,35,39)/t26-,27+,28?,29?,30?,31?/m0/s1. The van der Waals surface area contributed by atoms with E-state index in [1.807, 2.05) is 31.7 Å². The highest BCUT2D eigenvalue weighted by atomic mass is 16.3. The quantitative estimate of drug-likeness (QED) is 0.467. The zero-order valence-electron chi connectivity index (χ0n) is 25.2. The van der Waals surface area contributed by atoms with E-state index in [9.17, 15) is 14.7 Å². The number of fused-ring (bicyclic) bond motifs is 1. The van der Waals surface area contributed by atoms with Crippen molar-refractivity contribution in [2.24, 2.45) is 23.7 Å². The molecule has 2 heterocycles. The Labute approximate surface area is 242 Å². The fraction of sp³-hybridized carbons (Fsp3) is 0.765. The van der Waals surface area contributed by atoms with Crippen LogP contribution in [-0.2, 0) is 16.0 Å². The molecule has 0 aromatic heterocycles. The maximum Gasteiger partial charge on any atom is 0.237 e. The second kappa shape index (κ2) is 12.9. The average Bonchev–Trinajstić information content (AvgIpc) is 3.22. The summed E-state index contributed by atoms with van der Waals surface area (Å²) in [4.78, 5) is 31.6. The first kappa shape index (κ1) is 29.6. The molecule has 2 saturated heterocycles. The predicted octanol–water partition coefficient (Wildman–Crippen LogP) is 5.18. The van der Waals surface area contributed by atoms with Gasteiger partial charge in [-0.3, -0.25) is 14.5 Å². The van der Waals surface area contributed by atoms with Crippen LogP contribution in [0.3, 0.4) is 0 Å². The number of hydrogen-bond donors (Lipinski definition) is 2. The van der Waals surface area contributed by atoms with Gasteiger partial charge in [0.05, 0.1) is 12.1 Å². The molecule has 222 valence electrons. The van der Waals surface area contributed by atoms with Crippen LogP contribution < -0.4 is 5.32 Å². The number of β-amino-alcohol motifs (C(OH)–C–C–N with tert-alkyl or cyclic N) is 1. The number of amides is 2. The summed E-state index contributed by atoms with van der Waals surface area (Å²) in [5, 5.41) is 14.7. The molecule has 0 radical (unpaired) electrons. The van der Waals surface area contributed by atoms with Crippen LogP contribution in [0.25, 0.3) is 0 Å². The van der Waals surface area contributed by atoms with Crippen molar-refractivity contribution in [2.45, 2.75) is 122 Å². The lowest BCUT2D eigenvalue weighted by atomic mass is 9.72. The van der Waals surface area contributed by atoms with Crippen molar-refractivity contribution >= 4 is 11.8 Å². The number of hydrogen-bond acceptors (Lipinski definition) is 4. The Morgan fingerprint density at radius 1 is 0.925 bits per heavy atom. The highest BCUT2D eigenvalue weighted by molar-refractivity contribution is 5.83. The van der Waals surface area contributed by atoms with Crippen LogP contribution in [0.4, 0.5) is 0 Å². The van der Waals surface area contributed by atoms with Gasteiger partial charge in [0.15, 0.2) is 0 Å². The molecule has 6 heteroatoms. The van der Waals surface area contributed by atoms with Gasteiger partial charge in [0.2, 0.25) is 11.8 Å². The van der Waals surface area contributed by atoms with Gasteiger partial charge in [0.25, 0.3) is 0 Å². The third-order valence-electron chi connectivity index (χ3n) is 10.3. The molecule has 40 heavy (non-hydrogen) atoms. The average molecular weight is 552 g/mol. The topological polar surface area (TPSA) is 72.9 Å². The first-order valence-corrected chi connectivity index (χ1v) is 16.3. The van der Waals surface area contributed by atoms with E-state index in [1.165, 1.54) is 50.5 Å². The second-order valence-corrected chi connectivity index (χ2v) is 14.5. The first-order valence-electron chi connectivity index (χ1n) is 16.3. The first-order chi connectivity index (χ1) is 19.2. The largest absolute Gasteiger partial charge is 0.390 e. The van der Waals surface area contributed by atoms with Crippen LogP contribution in [0.1, 0.15) is 97.0 Å². The number of piperidine rings is 1. The number of aliphatic hydroxyl groups excluding tert-OH is 1. The van der Waals surface area contributed by atoms with E-state index in [2.05, 4.69) is 34.5 Å². The van der Waals surface area contributed by atoms with E-state index >= 15 is 0 Å². The molecular formula is C34H53N3O3. The molecule has 2 aliphatic carbocycles. The van der Waals surface area contributed by atoms with E-state index < -0.39 is 6.10 Å². The molecule has 1 aromatic rings. The number of carbonyl (C=O) groups is 2. The van der Waals surface area contributed by atoms with Gasteiger partial charge in [-0.05, 0) is 82.6 Å². The predicted molar refractivity (Wildman–Crippen MR) is 160 cm³/mol. The SMILES string of the molecule is CC(C)(C)NC(=O)C1C[C@@H]2CCCC[C@@H]2CN1CC(O)CN1C(=O)C(C2CCCCC2)CC1Cc1ccccc1. The van der Waals surface area contributed by atoms with Crippen molar-refractivity contribution in [3.8, 4) is 0 Å². The summed E-state index contributed by atoms with van der Waals surface area (Å²) in [6.45, 7) is 7.77. The summed E-state index contributed by atoms with van der Waals surface area (Å²) >= 11 is 0. The van der Waals surface area contributed by atoms with Gasteiger partial charge in [0, 0.05) is 37.1 Å². The van der Waals surface area contributed by atoms with Crippen LogP contribution >= 0.6 is 0 Å². The van der Waals surface area contributed by atoms with Gasteiger partial charge in [-0.15, -0.1) is 0 Å². The Hall–Kier alpha value is -1.92. The molecule has 6 atom stereocenters. The van der Waals surface area contributed by atoms with Gasteiger partial charge in [-0.1, -0.05) is 68.9 Å². The molecule has 1 aromatic carbocycles. The normalized spacial score (nSPS) is 31.1. The minimum Gasteiger partial charge on any atom is -0.390 e. The maximum absolute atomic E-state index is 13.9. The lowest BCUT2D eigenvalue weighted by Gasteiger charge is -2.46. The van der Waals surface area contributed by atoms with E-state index in [-0.39, 0.29) is 35.4 Å². The van der Waals surface area contributed by atoms with E-state index in [0.717, 1.165) is 38.6 Å². The highest BCUT2D eigenvalue weighted by Crippen LogP contribution is 2.41. The van der Waals surface area contributed by atoms with E-state index in [0.29, 0.717) is 30.8 Å². The molecule has 4 fully saturated rings. The molecule has 4 unspecified atom stereocenters. The summed E-state index contributed by atoms with van der Waals surface area (Å²) in [5.41, 5.74) is 0.966. The van der Waals surface area contributed by atoms with E-state index in [4.69, 9.17) is 0 Å². The van der Waals surface area contributed by atoms with Crippen LogP contribution in [0.5, 0.6) is 0 Å². The van der Waals surface area contributed by atoms with Crippen molar-refractivity contribution in [1.82, 2.24) is 15.1 Å². The van der Waals surface area contributed by atoms with Crippen LogP contribution in [0.2, 0.25) is 0 Å². The number of aliphatic hydroxyl groups is 1. The number of rotatable bonds is 8. The van der Waals surface area contributed by atoms with Gasteiger partial charge in [-0.2, -0.15) is 0 Å². The molecule has 5 rings (SSSR count). The summed E-state index contributed by atoms with van der Waals surface area (Å²) in [6, 6.07) is 10.4. The van der Waals surface area contributed by atoms with Crippen LogP contribution in [0, 0.1) is 23.7 Å². The molecular weight excluding hydrogens is 498 g/mol. The number of nitrogens with one attached hydrogen (secondary N) is 1. The number of likely N-dealkylation sites (tertiary alicyclic amines) is 2. The lowest BCUT2D eigenvalue weighted by molar-refractivity contribution is -0.137. The van der Waals surface area contributed by atoms with Crippen molar-refractivity contribution in [2.75, 3.05) is 19.6 Å². The highest BCUT2D eigenvalue weighted by Gasteiger charge is 2.45. The lowest BCUT2D eigenvalue weighted by Crippen LogP contribution is -2.59. The summed E-state index contributed by atoms with van der Waals surface area (Å²) in [5.74, 6) is 2.11. The van der Waals surface area contributed by atoms with Crippen molar-refractivity contribution in [3.05, 3.63) is 35.9 Å². The number of carbonyl (C=O) groups excluding carboxylic acids is 2. The summed E-state index contributed by atoms with van der Waals surface area (Å²) < 4.78 is 0. The molecule has 2 amide bonds. The molecule has 4 aliphatic rings. The molecule has 2 saturated carbocycles.